The molecule has 0 unspecified atom stereocenters. The normalized spacial score (nSPS) is 21.2. The van der Waals surface area contributed by atoms with Gasteiger partial charge in [-0.05, 0) is 25.0 Å². The van der Waals surface area contributed by atoms with Gasteiger partial charge in [-0.1, -0.05) is 13.0 Å². The minimum absolute atomic E-state index is 0.0305. The van der Waals surface area contributed by atoms with Gasteiger partial charge in [0.15, 0.2) is 0 Å². The summed E-state index contributed by atoms with van der Waals surface area (Å²) in [6.07, 6.45) is 3.30. The molecular weight excluding hydrogens is 361 g/mol. The van der Waals surface area contributed by atoms with E-state index in [0.29, 0.717) is 31.6 Å². The molecule has 2 aromatic rings. The maximum absolute atomic E-state index is 13.7. The number of hydrogen-bond donors (Lipinski definition) is 1. The Kier molecular flexibility index (Phi) is 4.56. The molecule has 0 aliphatic carbocycles. The van der Waals surface area contributed by atoms with E-state index < -0.39 is 5.82 Å². The van der Waals surface area contributed by atoms with Gasteiger partial charge in [0.05, 0.1) is 28.6 Å². The predicted molar refractivity (Wildman–Crippen MR) is 102 cm³/mol. The highest BCUT2D eigenvalue weighted by Crippen LogP contribution is 2.34. The van der Waals surface area contributed by atoms with Crippen LogP contribution in [0.25, 0.3) is 0 Å². The quantitative estimate of drug-likeness (QED) is 0.815. The molecule has 4 rings (SSSR count). The van der Waals surface area contributed by atoms with Crippen LogP contribution in [0.2, 0.25) is 0 Å². The summed E-state index contributed by atoms with van der Waals surface area (Å²) in [5, 5.41) is 4.36. The van der Waals surface area contributed by atoms with E-state index in [2.05, 4.69) is 5.10 Å². The molecule has 2 N–H and O–H groups in total. The average molecular weight is 385 g/mol. The lowest BCUT2D eigenvalue weighted by Crippen LogP contribution is -2.41. The van der Waals surface area contributed by atoms with Crippen LogP contribution >= 0.6 is 0 Å². The highest BCUT2D eigenvalue weighted by atomic mass is 19.1. The first-order valence-electron chi connectivity index (χ1n) is 9.57. The van der Waals surface area contributed by atoms with E-state index in [-0.39, 0.29) is 35.0 Å². The Balaban J connectivity index is 1.53. The molecule has 7 nitrogen and oxygen atoms in total. The van der Waals surface area contributed by atoms with E-state index in [9.17, 15) is 14.0 Å². The molecule has 2 fully saturated rings. The van der Waals surface area contributed by atoms with Gasteiger partial charge in [-0.3, -0.25) is 14.3 Å². The summed E-state index contributed by atoms with van der Waals surface area (Å²) in [6, 6.07) is 4.24. The molecule has 148 valence electrons. The number of carbonyl (C=O) groups excluding carboxylic acids is 2. The van der Waals surface area contributed by atoms with Crippen LogP contribution in [0.3, 0.4) is 0 Å². The fourth-order valence-electron chi connectivity index (χ4n) is 4.40. The number of benzene rings is 1. The zero-order valence-electron chi connectivity index (χ0n) is 16.1. The second kappa shape index (κ2) is 6.92. The van der Waals surface area contributed by atoms with Crippen molar-refractivity contribution in [3.05, 3.63) is 47.0 Å². The number of nitrogens with zero attached hydrogens (tertiary/aromatic N) is 4. The molecule has 1 aromatic heterocycles. The van der Waals surface area contributed by atoms with Crippen molar-refractivity contribution in [3.63, 3.8) is 0 Å². The topological polar surface area (TPSA) is 84.5 Å². The van der Waals surface area contributed by atoms with Gasteiger partial charge in [0, 0.05) is 38.8 Å². The molecular formula is C20H24FN5O2. The third-order valence-electron chi connectivity index (χ3n) is 5.85. The summed E-state index contributed by atoms with van der Waals surface area (Å²) < 4.78 is 15.4. The Bertz CT molecular complexity index is 941. The van der Waals surface area contributed by atoms with E-state index in [1.54, 1.807) is 21.8 Å². The van der Waals surface area contributed by atoms with Gasteiger partial charge in [-0.2, -0.15) is 5.10 Å². The fourth-order valence-corrected chi connectivity index (χ4v) is 4.40. The standard InChI is InChI=1S/C20H24FN5O2/c1-3-16-14(10-24(2)23-16)20(28)26-8-7-12-9-25(11-17(12)26)19(27)13-5-4-6-15(21)18(13)22/h4-6,10,12,17H,3,7-9,11,22H2,1-2H3/t12-,17+/m1/s1. The molecule has 0 radical (unpaired) electrons. The number of likely N-dealkylation sites (tertiary alicyclic amines) is 2. The van der Waals surface area contributed by atoms with Crippen molar-refractivity contribution in [2.45, 2.75) is 25.8 Å². The smallest absolute Gasteiger partial charge is 0.257 e. The predicted octanol–water partition coefficient (Wildman–Crippen LogP) is 1.69. The Labute approximate surface area is 162 Å². The number of anilines is 1. The van der Waals surface area contributed by atoms with Gasteiger partial charge >= 0.3 is 0 Å². The van der Waals surface area contributed by atoms with Crippen LogP contribution in [-0.2, 0) is 13.5 Å². The summed E-state index contributed by atoms with van der Waals surface area (Å²) in [7, 11) is 1.81. The summed E-state index contributed by atoms with van der Waals surface area (Å²) in [6.45, 7) is 3.64. The Hall–Kier alpha value is -2.90. The van der Waals surface area contributed by atoms with Crippen molar-refractivity contribution in [3.8, 4) is 0 Å². The zero-order chi connectivity index (χ0) is 20.0. The molecule has 28 heavy (non-hydrogen) atoms. The maximum Gasteiger partial charge on any atom is 0.257 e. The van der Waals surface area contributed by atoms with Gasteiger partial charge in [-0.25, -0.2) is 4.39 Å². The number of hydrogen-bond acceptors (Lipinski definition) is 4. The second-order valence-corrected chi connectivity index (χ2v) is 7.54. The first kappa shape index (κ1) is 18.5. The number of rotatable bonds is 3. The van der Waals surface area contributed by atoms with Crippen LogP contribution < -0.4 is 5.73 Å². The van der Waals surface area contributed by atoms with E-state index in [1.807, 2.05) is 18.9 Å². The number of halogens is 1. The van der Waals surface area contributed by atoms with Crippen LogP contribution in [-0.4, -0.2) is 57.1 Å². The average Bonchev–Trinajstić information content (AvgIpc) is 3.36. The Morgan fingerprint density at radius 1 is 1.25 bits per heavy atom. The van der Waals surface area contributed by atoms with Gasteiger partial charge in [0.1, 0.15) is 5.82 Å². The molecule has 8 heteroatoms. The van der Waals surface area contributed by atoms with Crippen LogP contribution in [0.5, 0.6) is 0 Å². The third kappa shape index (κ3) is 2.93. The van der Waals surface area contributed by atoms with Crippen LogP contribution in [0.4, 0.5) is 10.1 Å². The first-order chi connectivity index (χ1) is 13.4. The third-order valence-corrected chi connectivity index (χ3v) is 5.85. The van der Waals surface area contributed by atoms with Crippen LogP contribution in [0, 0.1) is 11.7 Å². The van der Waals surface area contributed by atoms with Crippen molar-refractivity contribution in [2.75, 3.05) is 25.4 Å². The van der Waals surface area contributed by atoms with Gasteiger partial charge in [0.25, 0.3) is 11.8 Å². The number of amides is 2. The number of aryl methyl sites for hydroxylation is 2. The number of nitrogen functional groups attached to an aromatic ring is 1. The molecule has 2 saturated heterocycles. The van der Waals surface area contributed by atoms with Gasteiger partial charge < -0.3 is 15.5 Å². The second-order valence-electron chi connectivity index (χ2n) is 7.54. The Morgan fingerprint density at radius 3 is 2.79 bits per heavy atom. The molecule has 2 amide bonds. The summed E-state index contributed by atoms with van der Waals surface area (Å²) >= 11 is 0. The van der Waals surface area contributed by atoms with Crippen molar-refractivity contribution in [1.29, 1.82) is 0 Å². The van der Waals surface area contributed by atoms with Gasteiger partial charge in [-0.15, -0.1) is 0 Å². The molecule has 2 aliphatic heterocycles. The van der Waals surface area contributed by atoms with E-state index in [4.69, 9.17) is 5.73 Å². The number of aromatic nitrogens is 2. The summed E-state index contributed by atoms with van der Waals surface area (Å²) in [5.74, 6) is -0.679. The largest absolute Gasteiger partial charge is 0.396 e. The Morgan fingerprint density at radius 2 is 2.04 bits per heavy atom. The SMILES string of the molecule is CCc1nn(C)cc1C(=O)N1CC[C@@H]2CN(C(=O)c3cccc(F)c3N)C[C@@H]21. The van der Waals surface area contributed by atoms with Crippen LogP contribution in [0.15, 0.2) is 24.4 Å². The molecule has 2 atom stereocenters. The maximum atomic E-state index is 13.7. The molecule has 1 aromatic carbocycles. The number of nitrogens with two attached hydrogens (primary N) is 1. The molecule has 0 bridgehead atoms. The summed E-state index contributed by atoms with van der Waals surface area (Å²) in [5.41, 5.74) is 7.23. The van der Waals surface area contributed by atoms with E-state index >= 15 is 0 Å². The highest BCUT2D eigenvalue weighted by molar-refractivity contribution is 6.00. The van der Waals surface area contributed by atoms with Crippen molar-refractivity contribution < 1.29 is 14.0 Å². The first-order valence-corrected chi connectivity index (χ1v) is 9.57. The molecule has 2 aliphatic rings. The lowest BCUT2D eigenvalue weighted by molar-refractivity contribution is 0.0688. The summed E-state index contributed by atoms with van der Waals surface area (Å²) in [4.78, 5) is 29.5. The zero-order valence-corrected chi connectivity index (χ0v) is 16.1. The van der Waals surface area contributed by atoms with Crippen LogP contribution in [0.1, 0.15) is 39.8 Å². The molecule has 0 spiro atoms. The van der Waals surface area contributed by atoms with Crippen molar-refractivity contribution >= 4 is 17.5 Å². The number of carbonyl (C=O) groups is 2. The van der Waals surface area contributed by atoms with E-state index in [1.165, 1.54) is 12.1 Å². The highest BCUT2D eigenvalue weighted by Gasteiger charge is 2.45. The van der Waals surface area contributed by atoms with E-state index in [0.717, 1.165) is 12.1 Å². The minimum Gasteiger partial charge on any atom is -0.396 e. The fraction of sp³-hybridized carbons (Fsp3) is 0.450. The molecule has 0 saturated carbocycles. The van der Waals surface area contributed by atoms with Crippen molar-refractivity contribution in [1.82, 2.24) is 19.6 Å². The lowest BCUT2D eigenvalue weighted by atomic mass is 10.0. The lowest BCUT2D eigenvalue weighted by Gasteiger charge is -2.25. The van der Waals surface area contributed by atoms with Gasteiger partial charge in [0.2, 0.25) is 0 Å². The number of para-hydroxylation sites is 1. The van der Waals surface area contributed by atoms with Crippen molar-refractivity contribution in [2.24, 2.45) is 13.0 Å². The number of fused-ring (bicyclic) bond motifs is 1. The minimum atomic E-state index is -0.592. The molecule has 3 heterocycles. The monoisotopic (exact) mass is 385 g/mol.